The van der Waals surface area contributed by atoms with Crippen molar-refractivity contribution in [3.63, 3.8) is 0 Å². The molecule has 0 aromatic heterocycles. The quantitative estimate of drug-likeness (QED) is 0.270. The molecule has 0 saturated carbocycles. The van der Waals surface area contributed by atoms with Crippen molar-refractivity contribution in [2.75, 3.05) is 4.31 Å². The molecule has 0 atom stereocenters. The molecule has 178 valence electrons. The Morgan fingerprint density at radius 3 is 1.94 bits per heavy atom. The minimum Gasteiger partial charge on any atom is -0.268 e. The lowest BCUT2D eigenvalue weighted by Crippen LogP contribution is -2.37. The number of nitrogens with zero attached hydrogens (tertiary/aromatic N) is 1. The molecule has 0 heterocycles. The van der Waals surface area contributed by atoms with Crippen LogP contribution in [0.2, 0.25) is 0 Å². The largest absolute Gasteiger partial charge is 0.272 e. The van der Waals surface area contributed by atoms with Crippen molar-refractivity contribution in [3.8, 4) is 11.1 Å². The lowest BCUT2D eigenvalue weighted by atomic mass is 10.0. The van der Waals surface area contributed by atoms with Crippen LogP contribution in [0.25, 0.3) is 11.1 Å². The Morgan fingerprint density at radius 1 is 0.743 bits per heavy atom. The molecule has 4 nitrogen and oxygen atoms in total. The van der Waals surface area contributed by atoms with Crippen LogP contribution < -0.4 is 4.31 Å². The van der Waals surface area contributed by atoms with Crippen molar-refractivity contribution in [1.82, 2.24) is 0 Å². The van der Waals surface area contributed by atoms with Gasteiger partial charge in [0, 0.05) is 5.56 Å². The van der Waals surface area contributed by atoms with Crippen LogP contribution in [-0.4, -0.2) is 14.3 Å². The van der Waals surface area contributed by atoms with Gasteiger partial charge in [0.05, 0.1) is 10.6 Å². The van der Waals surface area contributed by atoms with Gasteiger partial charge in [-0.15, -0.1) is 0 Å². The molecule has 4 aromatic carbocycles. The summed E-state index contributed by atoms with van der Waals surface area (Å²) in [6.45, 7) is 4.02. The Balaban J connectivity index is 1.73. The van der Waals surface area contributed by atoms with E-state index in [1.165, 1.54) is 0 Å². The van der Waals surface area contributed by atoms with Gasteiger partial charge in [-0.25, -0.2) is 8.42 Å². The van der Waals surface area contributed by atoms with Crippen molar-refractivity contribution < 1.29 is 13.2 Å². The summed E-state index contributed by atoms with van der Waals surface area (Å²) in [5.41, 5.74) is 4.66. The minimum atomic E-state index is -4.13. The first-order valence-corrected chi connectivity index (χ1v) is 13.2. The van der Waals surface area contributed by atoms with E-state index in [9.17, 15) is 13.2 Å². The van der Waals surface area contributed by atoms with E-state index in [2.05, 4.69) is 6.92 Å². The molecular weight excluding hydrogens is 454 g/mol. The highest BCUT2D eigenvalue weighted by Gasteiger charge is 2.32. The zero-order chi connectivity index (χ0) is 24.8. The van der Waals surface area contributed by atoms with E-state index in [1.807, 2.05) is 61.5 Å². The van der Waals surface area contributed by atoms with Crippen LogP contribution in [0.15, 0.2) is 108 Å². The zero-order valence-electron chi connectivity index (χ0n) is 20.0. The summed E-state index contributed by atoms with van der Waals surface area (Å²) < 4.78 is 28.3. The van der Waals surface area contributed by atoms with Gasteiger partial charge in [0.15, 0.2) is 0 Å². The number of rotatable bonds is 8. The predicted octanol–water partition coefficient (Wildman–Crippen LogP) is 7.04. The van der Waals surface area contributed by atoms with Crippen molar-refractivity contribution in [2.24, 2.45) is 0 Å². The smallest absolute Gasteiger partial charge is 0.268 e. The highest BCUT2D eigenvalue weighted by atomic mass is 32.2. The first-order valence-electron chi connectivity index (χ1n) is 11.8. The summed E-state index contributed by atoms with van der Waals surface area (Å²) in [5, 5.41) is 0. The molecule has 0 saturated heterocycles. The van der Waals surface area contributed by atoms with Gasteiger partial charge < -0.3 is 0 Å². The van der Waals surface area contributed by atoms with E-state index in [-0.39, 0.29) is 4.90 Å². The Bertz CT molecular complexity index is 1380. The van der Waals surface area contributed by atoms with Gasteiger partial charge in [0.1, 0.15) is 0 Å². The lowest BCUT2D eigenvalue weighted by molar-refractivity contribution is 0.101. The standard InChI is InChI=1S/C30H29NO3S/c1-3-4-8-24-13-19-28(20-14-24)31(35(33,34)29-21-11-23(2)12-22-29)30(32)27-17-15-26(16-18-27)25-9-6-5-7-10-25/h5-7,9-22H,3-4,8H2,1-2H3. The second-order valence-electron chi connectivity index (χ2n) is 8.60. The number of sulfonamides is 1. The molecule has 1 amide bonds. The molecule has 0 aliphatic rings. The molecule has 0 aliphatic carbocycles. The van der Waals surface area contributed by atoms with Gasteiger partial charge in [0.2, 0.25) is 0 Å². The topological polar surface area (TPSA) is 54.5 Å². The molecule has 5 heteroatoms. The summed E-state index contributed by atoms with van der Waals surface area (Å²) in [7, 11) is -4.13. The molecule has 0 unspecified atom stereocenters. The number of unbranched alkanes of at least 4 members (excludes halogenated alkanes) is 1. The molecule has 0 N–H and O–H groups in total. The highest BCUT2D eigenvalue weighted by molar-refractivity contribution is 7.93. The maximum atomic E-state index is 13.7. The third-order valence-electron chi connectivity index (χ3n) is 5.97. The molecule has 0 radical (unpaired) electrons. The van der Waals surface area contributed by atoms with Gasteiger partial charge in [0.25, 0.3) is 15.9 Å². The molecule has 0 aliphatic heterocycles. The van der Waals surface area contributed by atoms with E-state index < -0.39 is 15.9 Å². The second kappa shape index (κ2) is 10.7. The van der Waals surface area contributed by atoms with Gasteiger partial charge in [-0.3, -0.25) is 4.79 Å². The lowest BCUT2D eigenvalue weighted by Gasteiger charge is -2.23. The Labute approximate surface area is 207 Å². The summed E-state index contributed by atoms with van der Waals surface area (Å²) in [6.07, 6.45) is 3.04. The van der Waals surface area contributed by atoms with Gasteiger partial charge >= 0.3 is 0 Å². The van der Waals surface area contributed by atoms with Crippen LogP contribution in [0.1, 0.15) is 41.3 Å². The molecule has 0 spiro atoms. The predicted molar refractivity (Wildman–Crippen MR) is 142 cm³/mol. The first-order chi connectivity index (χ1) is 16.9. The van der Waals surface area contributed by atoms with E-state index in [0.29, 0.717) is 11.3 Å². The Morgan fingerprint density at radius 2 is 1.34 bits per heavy atom. The third-order valence-corrected chi connectivity index (χ3v) is 7.70. The number of benzene rings is 4. The summed E-state index contributed by atoms with van der Waals surface area (Å²) >= 11 is 0. The van der Waals surface area contributed by atoms with Gasteiger partial charge in [-0.05, 0) is 72.9 Å². The maximum absolute atomic E-state index is 13.7. The van der Waals surface area contributed by atoms with E-state index in [4.69, 9.17) is 0 Å². The number of aryl methyl sites for hydroxylation is 2. The zero-order valence-corrected chi connectivity index (χ0v) is 20.8. The molecule has 0 fully saturated rings. The summed E-state index contributed by atoms with van der Waals surface area (Å²) in [4.78, 5) is 13.8. The first kappa shape index (κ1) is 24.4. The van der Waals surface area contributed by atoms with Crippen LogP contribution in [0.4, 0.5) is 5.69 Å². The Hall–Kier alpha value is -3.70. The summed E-state index contributed by atoms with van der Waals surface area (Å²) in [5.74, 6) is -0.591. The number of carbonyl (C=O) groups excluding carboxylic acids is 1. The van der Waals surface area contributed by atoms with Gasteiger partial charge in [-0.1, -0.05) is 85.6 Å². The number of hydrogen-bond donors (Lipinski definition) is 0. The number of carbonyl (C=O) groups is 1. The monoisotopic (exact) mass is 483 g/mol. The van der Waals surface area contributed by atoms with Crippen molar-refractivity contribution >= 4 is 21.6 Å². The number of anilines is 1. The van der Waals surface area contributed by atoms with E-state index >= 15 is 0 Å². The van der Waals surface area contributed by atoms with E-state index in [1.54, 1.807) is 48.5 Å². The Kier molecular flexibility index (Phi) is 7.47. The second-order valence-corrected chi connectivity index (χ2v) is 10.4. The fourth-order valence-corrected chi connectivity index (χ4v) is 5.33. The van der Waals surface area contributed by atoms with Crippen LogP contribution in [0, 0.1) is 6.92 Å². The minimum absolute atomic E-state index is 0.0763. The van der Waals surface area contributed by atoms with Crippen LogP contribution >= 0.6 is 0 Å². The average Bonchev–Trinajstić information content (AvgIpc) is 2.89. The van der Waals surface area contributed by atoms with Crippen molar-refractivity contribution in [2.45, 2.75) is 38.0 Å². The molecule has 35 heavy (non-hydrogen) atoms. The molecule has 4 rings (SSSR count). The van der Waals surface area contributed by atoms with Crippen LogP contribution in [0.3, 0.4) is 0 Å². The third kappa shape index (κ3) is 5.52. The summed E-state index contributed by atoms with van der Waals surface area (Å²) in [6, 6.07) is 30.6. The SMILES string of the molecule is CCCCc1ccc(N(C(=O)c2ccc(-c3ccccc3)cc2)S(=O)(=O)c2ccc(C)cc2)cc1. The number of hydrogen-bond acceptors (Lipinski definition) is 3. The molecular formula is C30H29NO3S. The van der Waals surface area contributed by atoms with Gasteiger partial charge in [-0.2, -0.15) is 4.31 Å². The maximum Gasteiger partial charge on any atom is 0.272 e. The molecule has 4 aromatic rings. The fraction of sp³-hybridized carbons (Fsp3) is 0.167. The normalized spacial score (nSPS) is 11.3. The van der Waals surface area contributed by atoms with Crippen molar-refractivity contribution in [3.05, 3.63) is 120 Å². The highest BCUT2D eigenvalue weighted by Crippen LogP contribution is 2.28. The fourth-order valence-electron chi connectivity index (χ4n) is 3.91. The number of amides is 1. The van der Waals surface area contributed by atoms with E-state index in [0.717, 1.165) is 45.8 Å². The average molecular weight is 484 g/mol. The molecule has 0 bridgehead atoms. The van der Waals surface area contributed by atoms with Crippen LogP contribution in [0.5, 0.6) is 0 Å². The van der Waals surface area contributed by atoms with Crippen molar-refractivity contribution in [1.29, 1.82) is 0 Å². The van der Waals surface area contributed by atoms with Crippen LogP contribution in [-0.2, 0) is 16.4 Å².